The van der Waals surface area contributed by atoms with Crippen LogP contribution in [-0.2, 0) is 31.2 Å². The van der Waals surface area contributed by atoms with Gasteiger partial charge in [0.2, 0.25) is 11.2 Å². The summed E-state index contributed by atoms with van der Waals surface area (Å²) in [6.45, 7) is 0. The minimum Gasteiger partial charge on any atom is -0.716 e. The zero-order valence-electron chi connectivity index (χ0n) is 16.7. The second-order valence-corrected chi connectivity index (χ2v) is 9.19. The lowest BCUT2D eigenvalue weighted by molar-refractivity contribution is 0.351. The molecule has 3 rings (SSSR count). The lowest BCUT2D eigenvalue weighted by atomic mass is 10.1. The van der Waals surface area contributed by atoms with Crippen molar-refractivity contribution in [2.24, 2.45) is 0 Å². The minimum absolute atomic E-state index is 0.316. The molecule has 35 heavy (non-hydrogen) atoms. The summed E-state index contributed by atoms with van der Waals surface area (Å²) in [5.74, 6) is -5.15. The quantitative estimate of drug-likeness (QED) is 0.277. The van der Waals surface area contributed by atoms with Gasteiger partial charge in [-0.3, -0.25) is 4.79 Å². The molecule has 1 N–H and O–H groups in total. The number of rotatable bonds is 8. The van der Waals surface area contributed by atoms with Crippen LogP contribution in [0.2, 0.25) is 0 Å². The number of phenols is 1. The Balaban J connectivity index is 2.39. The molecule has 0 atom stereocenters. The first-order chi connectivity index (χ1) is 16.0. The highest BCUT2D eigenvalue weighted by Crippen LogP contribution is 2.39. The predicted octanol–water partition coefficient (Wildman–Crippen LogP) is -0.309. The monoisotopic (exact) mass is 553 g/mol. The molecule has 0 bridgehead atoms. The van der Waals surface area contributed by atoms with Crippen LogP contribution in [0.25, 0.3) is 22.3 Å². The van der Waals surface area contributed by atoms with E-state index in [1.165, 1.54) is 0 Å². The molecule has 0 unspecified atom stereocenters. The molecule has 0 fully saturated rings. The van der Waals surface area contributed by atoms with E-state index in [2.05, 4.69) is 12.5 Å². The molecule has 0 aliphatic heterocycles. The van der Waals surface area contributed by atoms with Crippen molar-refractivity contribution in [3.63, 3.8) is 0 Å². The molecule has 2 aromatic carbocycles. The van der Waals surface area contributed by atoms with Crippen molar-refractivity contribution >= 4 is 42.2 Å². The molecule has 0 saturated carbocycles. The Morgan fingerprint density at radius 3 is 1.97 bits per heavy atom. The molecule has 1 heterocycles. The van der Waals surface area contributed by atoms with Crippen molar-refractivity contribution in [1.82, 2.24) is 0 Å². The zero-order chi connectivity index (χ0) is 26.3. The van der Waals surface area contributed by atoms with Gasteiger partial charge in [0.1, 0.15) is 22.5 Å². The molecular formula is C16H9O16S3-3. The topological polar surface area (TPSA) is 259 Å². The molecule has 1 aromatic heterocycles. The van der Waals surface area contributed by atoms with Crippen molar-refractivity contribution in [1.29, 1.82) is 0 Å². The minimum atomic E-state index is -5.63. The highest BCUT2D eigenvalue weighted by molar-refractivity contribution is 7.81. The summed E-state index contributed by atoms with van der Waals surface area (Å²) in [6, 6.07) is 3.90. The molecule has 0 aliphatic carbocycles. The fraction of sp³-hybridized carbons (Fsp3) is 0.0625. The number of phenolic OH excluding ortho intramolecular Hbond substituents is 1. The summed E-state index contributed by atoms with van der Waals surface area (Å²) in [5.41, 5.74) is -2.59. The first-order valence-electron chi connectivity index (χ1n) is 8.45. The summed E-state index contributed by atoms with van der Waals surface area (Å²) in [7, 11) is -15.3. The average Bonchev–Trinajstić information content (AvgIpc) is 2.66. The SMILES string of the molecule is COc1ccc(-c2oc3cc(OS(=O)(=O)[O-])cc(O)c3c(=O)c2OS(=O)(=O)[O-])cc1OS(=O)(=O)[O-]. The van der Waals surface area contributed by atoms with Gasteiger partial charge in [0.15, 0.2) is 17.3 Å². The van der Waals surface area contributed by atoms with Gasteiger partial charge in [-0.15, -0.1) is 0 Å². The molecule has 3 aromatic rings. The number of fused-ring (bicyclic) bond motifs is 1. The Kier molecular flexibility index (Phi) is 6.59. The van der Waals surface area contributed by atoms with Crippen LogP contribution in [0, 0.1) is 0 Å². The Labute approximate surface area is 195 Å². The third-order valence-electron chi connectivity index (χ3n) is 3.91. The van der Waals surface area contributed by atoms with E-state index in [1.54, 1.807) is 0 Å². The van der Waals surface area contributed by atoms with E-state index >= 15 is 0 Å². The normalized spacial score (nSPS) is 12.3. The van der Waals surface area contributed by atoms with Gasteiger partial charge in [-0.05, 0) is 18.2 Å². The molecule has 190 valence electrons. The predicted molar refractivity (Wildman–Crippen MR) is 107 cm³/mol. The van der Waals surface area contributed by atoms with Gasteiger partial charge >= 0.3 is 0 Å². The van der Waals surface area contributed by atoms with Crippen LogP contribution in [0.3, 0.4) is 0 Å². The summed E-state index contributed by atoms with van der Waals surface area (Å²) in [6.07, 6.45) is 0. The van der Waals surface area contributed by atoms with E-state index in [9.17, 15) is 48.8 Å². The van der Waals surface area contributed by atoms with Gasteiger partial charge in [-0.25, -0.2) is 25.3 Å². The van der Waals surface area contributed by atoms with Gasteiger partial charge in [0.05, 0.1) is 7.11 Å². The summed E-state index contributed by atoms with van der Waals surface area (Å²) in [4.78, 5) is 12.9. The number of hydrogen-bond donors (Lipinski definition) is 1. The standard InChI is InChI=1S/C16H12O16S3/c1-28-10-3-2-7(4-11(10)31-34(22,23)24)15-16(32-35(25,26)27)14(18)13-9(17)5-8(6-12(13)29-15)30-33(19,20)21/h2-6,17H,1H3,(H,19,20,21)(H,22,23,24)(H,25,26,27)/p-3. The molecule has 0 aliphatic rings. The number of hydrogen-bond acceptors (Lipinski definition) is 16. The number of methoxy groups -OCH3 is 1. The largest absolute Gasteiger partial charge is 0.716 e. The highest BCUT2D eigenvalue weighted by Gasteiger charge is 2.24. The molecule has 0 amide bonds. The summed E-state index contributed by atoms with van der Waals surface area (Å²) in [5, 5.41) is 9.27. The van der Waals surface area contributed by atoms with Crippen LogP contribution in [0.15, 0.2) is 39.5 Å². The Morgan fingerprint density at radius 1 is 0.829 bits per heavy atom. The Hall–Kier alpha value is -3.62. The highest BCUT2D eigenvalue weighted by atomic mass is 32.3. The van der Waals surface area contributed by atoms with Crippen molar-refractivity contribution in [2.45, 2.75) is 0 Å². The molecule has 19 heteroatoms. The molecule has 0 radical (unpaired) electrons. The van der Waals surface area contributed by atoms with E-state index in [0.29, 0.717) is 12.1 Å². The summed E-state index contributed by atoms with van der Waals surface area (Å²) >= 11 is 0. The number of aromatic hydroxyl groups is 1. The maximum Gasteiger partial charge on any atom is 0.262 e. The maximum atomic E-state index is 12.9. The molecule has 16 nitrogen and oxygen atoms in total. The average molecular weight is 553 g/mol. The fourth-order valence-corrected chi connectivity index (χ4v) is 3.82. The van der Waals surface area contributed by atoms with E-state index < -0.39 is 81.9 Å². The molecule has 0 saturated heterocycles. The van der Waals surface area contributed by atoms with Crippen molar-refractivity contribution in [2.75, 3.05) is 7.11 Å². The van der Waals surface area contributed by atoms with Gasteiger partial charge < -0.3 is 40.5 Å². The van der Waals surface area contributed by atoms with Crippen molar-refractivity contribution in [3.8, 4) is 40.1 Å². The number of ether oxygens (including phenoxy) is 1. The van der Waals surface area contributed by atoms with Crippen LogP contribution in [0.1, 0.15) is 0 Å². The van der Waals surface area contributed by atoms with E-state index in [1.807, 2.05) is 0 Å². The third kappa shape index (κ3) is 6.29. The van der Waals surface area contributed by atoms with Crippen molar-refractivity contribution in [3.05, 3.63) is 40.6 Å². The lowest BCUT2D eigenvalue weighted by Gasteiger charge is -2.16. The molecular weight excluding hydrogens is 544 g/mol. The van der Waals surface area contributed by atoms with Crippen molar-refractivity contribution < 1.29 is 65.7 Å². The third-order valence-corrected chi connectivity index (χ3v) is 5.06. The van der Waals surface area contributed by atoms with Crippen LogP contribution < -0.4 is 22.7 Å². The smallest absolute Gasteiger partial charge is 0.262 e. The number of benzene rings is 2. The van der Waals surface area contributed by atoms with E-state index in [4.69, 9.17) is 9.15 Å². The van der Waals surface area contributed by atoms with E-state index in [-0.39, 0.29) is 5.75 Å². The maximum absolute atomic E-state index is 12.9. The second-order valence-electron chi connectivity index (χ2n) is 6.25. The van der Waals surface area contributed by atoms with Crippen LogP contribution >= 0.6 is 0 Å². The molecule has 0 spiro atoms. The first-order valence-corrected chi connectivity index (χ1v) is 12.5. The van der Waals surface area contributed by atoms with Gasteiger partial charge in [-0.2, -0.15) is 0 Å². The fourth-order valence-electron chi connectivity index (χ4n) is 2.78. The van der Waals surface area contributed by atoms with E-state index in [0.717, 1.165) is 25.3 Å². The Bertz CT molecular complexity index is 1700. The summed E-state index contributed by atoms with van der Waals surface area (Å²) < 4.78 is 122. The van der Waals surface area contributed by atoms with Gasteiger partial charge in [0.25, 0.3) is 31.2 Å². The zero-order valence-corrected chi connectivity index (χ0v) is 19.1. The van der Waals surface area contributed by atoms with Crippen LogP contribution in [0.4, 0.5) is 0 Å². The van der Waals surface area contributed by atoms with Gasteiger partial charge in [-0.1, -0.05) is 0 Å². The van der Waals surface area contributed by atoms with Crippen LogP contribution in [0.5, 0.6) is 28.7 Å². The van der Waals surface area contributed by atoms with Crippen LogP contribution in [-0.4, -0.2) is 51.1 Å². The first kappa shape index (κ1) is 26.0. The Morgan fingerprint density at radius 2 is 1.43 bits per heavy atom. The lowest BCUT2D eigenvalue weighted by Crippen LogP contribution is -2.16. The van der Waals surface area contributed by atoms with Gasteiger partial charge in [0, 0.05) is 17.7 Å². The second kappa shape index (κ2) is 8.87.